The summed E-state index contributed by atoms with van der Waals surface area (Å²) in [5, 5.41) is 25.7. The summed E-state index contributed by atoms with van der Waals surface area (Å²) in [4.78, 5) is 20.8. The van der Waals surface area contributed by atoms with Crippen molar-refractivity contribution in [3.8, 4) is 0 Å². The molecule has 0 radical (unpaired) electrons. The number of hydrogen-bond donors (Lipinski definition) is 3. The summed E-state index contributed by atoms with van der Waals surface area (Å²) in [6.45, 7) is 0. The zero-order chi connectivity index (χ0) is 8.65. The summed E-state index contributed by atoms with van der Waals surface area (Å²) in [5.74, 6) is -2.73. The molecule has 1 aliphatic rings. The van der Waals surface area contributed by atoms with E-state index in [0.29, 0.717) is 0 Å². The maximum atomic E-state index is 10.4. The number of rotatable bonds is 2. The number of aliphatic hydroxyl groups excluding tert-OH is 1. The Morgan fingerprint density at radius 3 is 1.58 bits per heavy atom. The normalized spacial score (nSPS) is 20.4. The van der Waals surface area contributed by atoms with Crippen molar-refractivity contribution in [3.63, 3.8) is 0 Å². The van der Waals surface area contributed by atoms with Gasteiger partial charge in [0.05, 0.1) is 6.10 Å². The third kappa shape index (κ3) is 1.86. The van der Waals surface area contributed by atoms with Crippen molar-refractivity contribution in [1.29, 1.82) is 0 Å². The Balaban J connectivity index is 0.00000121. The van der Waals surface area contributed by atoms with Gasteiger partial charge in [0.1, 0.15) is 0 Å². The molecule has 6 heteroatoms. The third-order valence-corrected chi connectivity index (χ3v) is 1.99. The van der Waals surface area contributed by atoms with E-state index in [9.17, 15) is 9.59 Å². The average molecular weight is 299 g/mol. The molecular formula is C6H10BaO5. The summed E-state index contributed by atoms with van der Waals surface area (Å²) >= 11 is 0. The van der Waals surface area contributed by atoms with Crippen molar-refractivity contribution in [2.24, 2.45) is 5.41 Å². The van der Waals surface area contributed by atoms with Crippen LogP contribution in [0.25, 0.3) is 0 Å². The summed E-state index contributed by atoms with van der Waals surface area (Å²) in [5.41, 5.74) is -1.72. The van der Waals surface area contributed by atoms with Gasteiger partial charge in [-0.15, -0.1) is 0 Å². The Morgan fingerprint density at radius 1 is 1.17 bits per heavy atom. The molecule has 1 saturated carbocycles. The first-order valence-corrected chi connectivity index (χ1v) is 3.14. The summed E-state index contributed by atoms with van der Waals surface area (Å²) in [6, 6.07) is 0. The van der Waals surface area contributed by atoms with Crippen LogP contribution in [-0.4, -0.2) is 82.2 Å². The van der Waals surface area contributed by atoms with Gasteiger partial charge in [0.15, 0.2) is 5.41 Å². The van der Waals surface area contributed by atoms with Crippen LogP contribution in [0, 0.1) is 5.41 Å². The number of carboxylic acids is 2. The van der Waals surface area contributed by atoms with Gasteiger partial charge in [-0.05, 0) is 0 Å². The molecule has 1 aliphatic carbocycles. The van der Waals surface area contributed by atoms with Gasteiger partial charge >= 0.3 is 60.8 Å². The molecule has 66 valence electrons. The van der Waals surface area contributed by atoms with Crippen LogP contribution in [0.1, 0.15) is 12.8 Å². The Labute approximate surface area is 109 Å². The quantitative estimate of drug-likeness (QED) is 0.421. The van der Waals surface area contributed by atoms with Gasteiger partial charge in [0.2, 0.25) is 0 Å². The predicted molar refractivity (Wildman–Crippen MR) is 41.5 cm³/mol. The SMILES string of the molecule is O=C(O)C1(C(=O)O)CC(O)C1.[BaH2]. The van der Waals surface area contributed by atoms with Gasteiger partial charge in [-0.2, -0.15) is 0 Å². The van der Waals surface area contributed by atoms with Crippen molar-refractivity contribution < 1.29 is 24.9 Å². The summed E-state index contributed by atoms with van der Waals surface area (Å²) in [6.07, 6.45) is -1.14. The number of aliphatic carboxylic acids is 2. The number of aliphatic hydroxyl groups is 1. The number of hydrogen-bond acceptors (Lipinski definition) is 3. The monoisotopic (exact) mass is 300 g/mol. The summed E-state index contributed by atoms with van der Waals surface area (Å²) in [7, 11) is 0. The van der Waals surface area contributed by atoms with E-state index in [1.807, 2.05) is 0 Å². The van der Waals surface area contributed by atoms with Crippen LogP contribution in [0.4, 0.5) is 0 Å². The maximum absolute atomic E-state index is 10.4. The average Bonchev–Trinajstić information content (AvgIpc) is 1.78. The van der Waals surface area contributed by atoms with E-state index in [2.05, 4.69) is 0 Å². The second kappa shape index (κ2) is 4.12. The molecule has 5 nitrogen and oxygen atoms in total. The van der Waals surface area contributed by atoms with E-state index < -0.39 is 23.5 Å². The second-order valence-corrected chi connectivity index (χ2v) is 2.75. The molecule has 0 unspecified atom stereocenters. The van der Waals surface area contributed by atoms with Crippen LogP contribution >= 0.6 is 0 Å². The first-order valence-electron chi connectivity index (χ1n) is 3.14. The van der Waals surface area contributed by atoms with Crippen molar-refractivity contribution in [3.05, 3.63) is 0 Å². The molecule has 0 aliphatic heterocycles. The van der Waals surface area contributed by atoms with Crippen LogP contribution < -0.4 is 0 Å². The Bertz CT molecular complexity index is 192. The predicted octanol–water partition coefficient (Wildman–Crippen LogP) is -1.62. The molecule has 0 spiro atoms. The third-order valence-electron chi connectivity index (χ3n) is 1.99. The van der Waals surface area contributed by atoms with E-state index in [1.54, 1.807) is 0 Å². The molecular weight excluding hydrogens is 289 g/mol. The molecule has 0 bridgehead atoms. The zero-order valence-electron chi connectivity index (χ0n) is 5.65. The zero-order valence-corrected chi connectivity index (χ0v) is 5.65. The first-order chi connectivity index (χ1) is 4.99. The van der Waals surface area contributed by atoms with Crippen LogP contribution in [0.15, 0.2) is 0 Å². The first kappa shape index (κ1) is 12.5. The molecule has 0 aromatic rings. The van der Waals surface area contributed by atoms with Gasteiger partial charge in [-0.3, -0.25) is 9.59 Å². The van der Waals surface area contributed by atoms with Gasteiger partial charge < -0.3 is 15.3 Å². The van der Waals surface area contributed by atoms with Crippen molar-refractivity contribution in [2.75, 3.05) is 0 Å². The van der Waals surface area contributed by atoms with Crippen molar-refractivity contribution in [1.82, 2.24) is 0 Å². The Morgan fingerprint density at radius 2 is 1.50 bits per heavy atom. The molecule has 0 atom stereocenters. The van der Waals surface area contributed by atoms with Crippen molar-refractivity contribution in [2.45, 2.75) is 18.9 Å². The minimum atomic E-state index is -1.72. The summed E-state index contributed by atoms with van der Waals surface area (Å²) < 4.78 is 0. The van der Waals surface area contributed by atoms with E-state index in [1.165, 1.54) is 0 Å². The molecule has 0 aromatic heterocycles. The molecule has 0 heterocycles. The van der Waals surface area contributed by atoms with Crippen LogP contribution in [0.3, 0.4) is 0 Å². The standard InChI is InChI=1S/C6H8O5.Ba.2H/c7-3-1-6(2-3,4(8)9)5(10)11;;;/h3,7H,1-2H2,(H,8,9)(H,10,11);;;. The fourth-order valence-electron chi connectivity index (χ4n) is 1.19. The van der Waals surface area contributed by atoms with Gasteiger partial charge in [-0.1, -0.05) is 0 Å². The molecule has 1 rings (SSSR count). The number of carboxylic acid groups (broad SMARTS) is 2. The van der Waals surface area contributed by atoms with Gasteiger partial charge in [0, 0.05) is 12.8 Å². The van der Waals surface area contributed by atoms with E-state index in [-0.39, 0.29) is 61.7 Å². The van der Waals surface area contributed by atoms with Crippen LogP contribution in [-0.2, 0) is 9.59 Å². The fraction of sp³-hybridized carbons (Fsp3) is 0.667. The fourth-order valence-corrected chi connectivity index (χ4v) is 1.19. The van der Waals surface area contributed by atoms with Crippen LogP contribution in [0.5, 0.6) is 0 Å². The van der Waals surface area contributed by atoms with Crippen molar-refractivity contribution >= 4 is 60.8 Å². The second-order valence-electron chi connectivity index (χ2n) is 2.75. The molecule has 0 saturated heterocycles. The molecule has 1 fully saturated rings. The van der Waals surface area contributed by atoms with E-state index in [4.69, 9.17) is 15.3 Å². The minimum absolute atomic E-state index is 0. The van der Waals surface area contributed by atoms with Gasteiger partial charge in [0.25, 0.3) is 0 Å². The van der Waals surface area contributed by atoms with Gasteiger partial charge in [-0.25, -0.2) is 0 Å². The molecule has 0 aromatic carbocycles. The molecule has 3 N–H and O–H groups in total. The number of carbonyl (C=O) groups is 2. The Hall–Kier alpha value is 0.471. The van der Waals surface area contributed by atoms with Crippen LogP contribution in [0.2, 0.25) is 0 Å². The van der Waals surface area contributed by atoms with E-state index in [0.717, 1.165) is 0 Å². The van der Waals surface area contributed by atoms with E-state index >= 15 is 0 Å². The molecule has 0 amide bonds. The topological polar surface area (TPSA) is 94.8 Å². The molecule has 12 heavy (non-hydrogen) atoms. The Kier molecular flexibility index (Phi) is 4.28.